The van der Waals surface area contributed by atoms with Crippen molar-refractivity contribution in [2.75, 3.05) is 26.2 Å². The molecule has 2 aliphatic heterocycles. The third kappa shape index (κ3) is 3.50. The summed E-state index contributed by atoms with van der Waals surface area (Å²) in [5.74, 6) is -1.77. The van der Waals surface area contributed by atoms with Gasteiger partial charge in [-0.15, -0.1) is 0 Å². The molecule has 27 heavy (non-hydrogen) atoms. The van der Waals surface area contributed by atoms with Crippen molar-refractivity contribution in [1.29, 1.82) is 0 Å². The van der Waals surface area contributed by atoms with Gasteiger partial charge in [-0.2, -0.15) is 0 Å². The number of aliphatic carboxylic acids is 1. The summed E-state index contributed by atoms with van der Waals surface area (Å²) in [5, 5.41) is 20.6. The number of benzene rings is 1. The maximum absolute atomic E-state index is 13.2. The first-order chi connectivity index (χ1) is 12.8. The van der Waals surface area contributed by atoms with Crippen LogP contribution in [0.25, 0.3) is 0 Å². The summed E-state index contributed by atoms with van der Waals surface area (Å²) in [5.41, 5.74) is -1.40. The summed E-state index contributed by atoms with van der Waals surface area (Å²) in [6.07, 6.45) is 0.956. The first-order valence-electron chi connectivity index (χ1n) is 8.66. The third-order valence-electron chi connectivity index (χ3n) is 5.24. The largest absolute Gasteiger partial charge is 0.480 e. The Morgan fingerprint density at radius 1 is 1.41 bits per heavy atom. The molecule has 1 aromatic rings. The molecule has 0 aromatic heterocycles. The number of nitro benzene ring substituents is 1. The average molecular weight is 398 g/mol. The van der Waals surface area contributed by atoms with Crippen LogP contribution in [0.2, 0.25) is 5.02 Å². The number of amides is 1. The van der Waals surface area contributed by atoms with E-state index in [-0.39, 0.29) is 17.2 Å². The van der Waals surface area contributed by atoms with E-state index in [0.29, 0.717) is 25.9 Å². The first-order valence-corrected chi connectivity index (χ1v) is 9.03. The monoisotopic (exact) mass is 397 g/mol. The Balaban J connectivity index is 1.97. The van der Waals surface area contributed by atoms with Gasteiger partial charge in [0.05, 0.1) is 11.5 Å². The lowest BCUT2D eigenvalue weighted by atomic mass is 9.96. The molecule has 9 nitrogen and oxygen atoms in total. The molecule has 10 heteroatoms. The number of rotatable bonds is 4. The van der Waals surface area contributed by atoms with E-state index in [9.17, 15) is 24.8 Å². The second kappa shape index (κ2) is 7.41. The first kappa shape index (κ1) is 19.5. The topological polar surface area (TPSA) is 113 Å². The lowest BCUT2D eigenvalue weighted by Crippen LogP contribution is -2.58. The van der Waals surface area contributed by atoms with Crippen LogP contribution < -0.4 is 0 Å². The normalized spacial score (nSPS) is 22.1. The number of hydrogen-bond donors (Lipinski definition) is 1. The minimum absolute atomic E-state index is 0.0140. The Bertz CT molecular complexity index is 778. The maximum atomic E-state index is 13.2. The Morgan fingerprint density at radius 2 is 2.07 bits per heavy atom. The second-order valence-electron chi connectivity index (χ2n) is 6.64. The van der Waals surface area contributed by atoms with Crippen molar-refractivity contribution in [1.82, 2.24) is 9.80 Å². The molecular formula is C17H20ClN3O6. The van der Waals surface area contributed by atoms with Crippen molar-refractivity contribution < 1.29 is 24.4 Å². The highest BCUT2D eigenvalue weighted by molar-refractivity contribution is 6.32. The molecule has 2 saturated heterocycles. The van der Waals surface area contributed by atoms with Crippen molar-refractivity contribution >= 4 is 29.2 Å². The van der Waals surface area contributed by atoms with Crippen LogP contribution in [0.3, 0.4) is 0 Å². The Hall–Kier alpha value is -2.23. The van der Waals surface area contributed by atoms with Crippen LogP contribution in [0.1, 0.15) is 30.1 Å². The molecule has 2 aliphatic rings. The fraction of sp³-hybridized carbons (Fsp3) is 0.529. The number of carbonyl (C=O) groups excluding carboxylic acids is 1. The van der Waals surface area contributed by atoms with Gasteiger partial charge < -0.3 is 14.7 Å². The van der Waals surface area contributed by atoms with Gasteiger partial charge in [0.25, 0.3) is 11.6 Å². The average Bonchev–Trinajstić information content (AvgIpc) is 3.01. The molecule has 3 rings (SSSR count). The Kier molecular flexibility index (Phi) is 5.36. The molecule has 1 atom stereocenters. The van der Waals surface area contributed by atoms with E-state index < -0.39 is 34.3 Å². The predicted octanol–water partition coefficient (Wildman–Crippen LogP) is 1.99. The molecule has 0 saturated carbocycles. The number of carboxylic acid groups (broad SMARTS) is 1. The van der Waals surface area contributed by atoms with Crippen molar-refractivity contribution in [3.63, 3.8) is 0 Å². The fourth-order valence-corrected chi connectivity index (χ4v) is 3.89. The number of piperidine rings is 1. The number of hydrogen-bond acceptors (Lipinski definition) is 6. The van der Waals surface area contributed by atoms with Gasteiger partial charge in [-0.25, -0.2) is 4.79 Å². The summed E-state index contributed by atoms with van der Waals surface area (Å²) in [6, 6.07) is 2.58. The van der Waals surface area contributed by atoms with E-state index in [4.69, 9.17) is 16.3 Å². The van der Waals surface area contributed by atoms with E-state index in [2.05, 4.69) is 4.90 Å². The van der Waals surface area contributed by atoms with Gasteiger partial charge in [-0.1, -0.05) is 18.5 Å². The van der Waals surface area contributed by atoms with Gasteiger partial charge in [0, 0.05) is 37.6 Å². The lowest BCUT2D eigenvalue weighted by molar-refractivity contribution is -0.384. The van der Waals surface area contributed by atoms with E-state index in [1.807, 2.05) is 6.92 Å². The molecule has 2 fully saturated rings. The molecule has 1 N–H and O–H groups in total. The second-order valence-corrected chi connectivity index (χ2v) is 7.05. The Labute approximate surface area is 160 Å². The summed E-state index contributed by atoms with van der Waals surface area (Å²) in [4.78, 5) is 38.8. The van der Waals surface area contributed by atoms with Gasteiger partial charge in [0.2, 0.25) is 0 Å². The molecule has 146 valence electrons. The molecule has 1 amide bonds. The SMILES string of the molecule is CCN1CCC2(CC1)OC[C@H](C(=O)O)N2C(=O)c1ccc(Cl)c([N+](=O)[O-])c1. The smallest absolute Gasteiger partial charge is 0.328 e. The van der Waals surface area contributed by atoms with E-state index in [0.717, 1.165) is 12.6 Å². The number of ether oxygens (including phenoxy) is 1. The van der Waals surface area contributed by atoms with Gasteiger partial charge >= 0.3 is 5.97 Å². The van der Waals surface area contributed by atoms with E-state index in [1.54, 1.807) is 0 Å². The number of likely N-dealkylation sites (tertiary alicyclic amines) is 1. The predicted molar refractivity (Wildman–Crippen MR) is 95.7 cm³/mol. The van der Waals surface area contributed by atoms with Crippen molar-refractivity contribution in [2.24, 2.45) is 0 Å². The zero-order valence-corrected chi connectivity index (χ0v) is 15.5. The highest BCUT2D eigenvalue weighted by Crippen LogP contribution is 2.39. The molecular weight excluding hydrogens is 378 g/mol. The van der Waals surface area contributed by atoms with Crippen LogP contribution >= 0.6 is 11.6 Å². The molecule has 0 unspecified atom stereocenters. The van der Waals surface area contributed by atoms with Crippen LogP contribution in [0.15, 0.2) is 18.2 Å². The third-order valence-corrected chi connectivity index (χ3v) is 5.56. The van der Waals surface area contributed by atoms with Crippen molar-refractivity contribution in [3.05, 3.63) is 38.9 Å². The molecule has 1 aromatic carbocycles. The minimum Gasteiger partial charge on any atom is -0.480 e. The zero-order valence-electron chi connectivity index (χ0n) is 14.8. The van der Waals surface area contributed by atoms with Gasteiger partial charge in [-0.05, 0) is 18.7 Å². The quantitative estimate of drug-likeness (QED) is 0.610. The van der Waals surface area contributed by atoms with E-state index >= 15 is 0 Å². The Morgan fingerprint density at radius 3 is 2.63 bits per heavy atom. The van der Waals surface area contributed by atoms with Gasteiger partial charge in [0.15, 0.2) is 6.04 Å². The molecule has 0 radical (unpaired) electrons. The number of nitrogens with zero attached hydrogens (tertiary/aromatic N) is 3. The number of halogens is 1. The lowest BCUT2D eigenvalue weighted by Gasteiger charge is -2.44. The molecule has 0 bridgehead atoms. The molecule has 2 heterocycles. The van der Waals surface area contributed by atoms with Gasteiger partial charge in [-0.3, -0.25) is 19.8 Å². The standard InChI is InChI=1S/C17H20ClN3O6/c1-2-19-7-5-17(6-8-19)20(14(10-27-17)16(23)24)15(22)11-3-4-12(18)13(9-11)21(25)26/h3-4,9,14H,2,5-8,10H2,1H3,(H,23,24)/t14-/m1/s1. The van der Waals surface area contributed by atoms with Crippen LogP contribution in [-0.4, -0.2) is 69.7 Å². The summed E-state index contributed by atoms with van der Waals surface area (Å²) in [6.45, 7) is 4.13. The molecule has 1 spiro atoms. The van der Waals surface area contributed by atoms with Crippen molar-refractivity contribution in [2.45, 2.75) is 31.5 Å². The van der Waals surface area contributed by atoms with Crippen LogP contribution in [-0.2, 0) is 9.53 Å². The fourth-order valence-electron chi connectivity index (χ4n) is 3.70. The number of carbonyl (C=O) groups is 2. The van der Waals surface area contributed by atoms with Crippen LogP contribution in [0, 0.1) is 10.1 Å². The van der Waals surface area contributed by atoms with Crippen LogP contribution in [0.4, 0.5) is 5.69 Å². The number of nitro groups is 1. The molecule has 0 aliphatic carbocycles. The van der Waals surface area contributed by atoms with Crippen LogP contribution in [0.5, 0.6) is 0 Å². The number of carboxylic acids is 1. The van der Waals surface area contributed by atoms with Gasteiger partial charge in [0.1, 0.15) is 10.7 Å². The van der Waals surface area contributed by atoms with E-state index in [1.165, 1.54) is 17.0 Å². The maximum Gasteiger partial charge on any atom is 0.328 e. The summed E-state index contributed by atoms with van der Waals surface area (Å²) in [7, 11) is 0. The highest BCUT2D eigenvalue weighted by Gasteiger charge is 2.54. The summed E-state index contributed by atoms with van der Waals surface area (Å²) >= 11 is 5.82. The van der Waals surface area contributed by atoms with Crippen molar-refractivity contribution in [3.8, 4) is 0 Å². The zero-order chi connectivity index (χ0) is 19.8. The summed E-state index contributed by atoms with van der Waals surface area (Å²) < 4.78 is 5.84. The highest BCUT2D eigenvalue weighted by atomic mass is 35.5. The minimum atomic E-state index is -1.17.